The van der Waals surface area contributed by atoms with E-state index < -0.39 is 17.6 Å². The quantitative estimate of drug-likeness (QED) is 0.281. The molecule has 0 N–H and O–H groups in total. The molecule has 0 aliphatic heterocycles. The van der Waals surface area contributed by atoms with Crippen LogP contribution in [-0.4, -0.2) is 60.3 Å². The summed E-state index contributed by atoms with van der Waals surface area (Å²) in [5, 5.41) is 0. The van der Waals surface area contributed by atoms with Gasteiger partial charge in [-0.1, -0.05) is 104 Å². The highest BCUT2D eigenvalue weighted by Crippen LogP contribution is 2.24. The van der Waals surface area contributed by atoms with E-state index in [1.54, 1.807) is 42.7 Å². The van der Waals surface area contributed by atoms with Gasteiger partial charge in [-0.3, -0.25) is 0 Å². The molecule has 0 saturated carbocycles. The van der Waals surface area contributed by atoms with E-state index in [-0.39, 0.29) is 0 Å². The predicted molar refractivity (Wildman–Crippen MR) is 152 cm³/mol. The van der Waals surface area contributed by atoms with Crippen molar-refractivity contribution in [3.8, 4) is 0 Å². The maximum Gasteiger partial charge on any atom is 0.501 e. The Morgan fingerprint density at radius 2 is 0.588 bits per heavy atom. The van der Waals surface area contributed by atoms with Crippen molar-refractivity contribution >= 4 is 17.6 Å². The van der Waals surface area contributed by atoms with Crippen LogP contribution in [0.5, 0.6) is 0 Å². The first-order valence-corrected chi connectivity index (χ1v) is 16.4. The van der Waals surface area contributed by atoms with E-state index in [2.05, 4.69) is 24.3 Å². The Morgan fingerprint density at radius 1 is 0.412 bits per heavy atom. The van der Waals surface area contributed by atoms with Crippen LogP contribution in [0.15, 0.2) is 48.6 Å². The van der Waals surface area contributed by atoms with Gasteiger partial charge < -0.3 is 26.6 Å². The summed E-state index contributed by atoms with van der Waals surface area (Å²) in [7, 11) is 5.07. The molecule has 8 heteroatoms. The Morgan fingerprint density at radius 3 is 0.735 bits per heavy atom. The molecule has 0 spiro atoms. The summed E-state index contributed by atoms with van der Waals surface area (Å²) in [5.74, 6) is 0.790. The lowest BCUT2D eigenvalue weighted by Crippen LogP contribution is -2.43. The summed E-state index contributed by atoms with van der Waals surface area (Å²) in [6.07, 6.45) is 16.6. The van der Waals surface area contributed by atoms with E-state index in [4.69, 9.17) is 26.6 Å². The number of hydrogen-bond acceptors (Lipinski definition) is 6. The van der Waals surface area contributed by atoms with Crippen LogP contribution in [0.3, 0.4) is 0 Å². The fourth-order valence-electron chi connectivity index (χ4n) is 2.81. The van der Waals surface area contributed by atoms with Gasteiger partial charge in [-0.2, -0.15) is 0 Å². The maximum atomic E-state index is 5.32. The standard InChI is InChI=1S/2C9H16O3Si.4C2H6/c2*1-10-13(11-2,12-3)8-9-6-4-5-7-9;4*1-2/h2*4-7,9H,8H2,1-3H3;4*1-2H3. The van der Waals surface area contributed by atoms with Crippen molar-refractivity contribution in [2.75, 3.05) is 42.7 Å². The van der Waals surface area contributed by atoms with E-state index in [1.807, 2.05) is 79.7 Å². The molecule has 0 amide bonds. The molecule has 0 aromatic rings. The molecule has 0 saturated heterocycles. The van der Waals surface area contributed by atoms with Crippen molar-refractivity contribution < 1.29 is 26.6 Å². The van der Waals surface area contributed by atoms with Gasteiger partial charge >= 0.3 is 17.6 Å². The summed E-state index contributed by atoms with van der Waals surface area (Å²) in [4.78, 5) is 0. The van der Waals surface area contributed by atoms with Crippen LogP contribution in [0.1, 0.15) is 55.4 Å². The summed E-state index contributed by atoms with van der Waals surface area (Å²) in [6.45, 7) is 16.0. The summed E-state index contributed by atoms with van der Waals surface area (Å²) in [6, 6.07) is 1.62. The highest BCUT2D eigenvalue weighted by atomic mass is 28.4. The van der Waals surface area contributed by atoms with Gasteiger partial charge in [0.25, 0.3) is 0 Å². The molecular formula is C26H56O6Si2. The van der Waals surface area contributed by atoms with Gasteiger partial charge in [0.15, 0.2) is 0 Å². The van der Waals surface area contributed by atoms with E-state index >= 15 is 0 Å². The predicted octanol–water partition coefficient (Wildman–Crippen LogP) is 7.32. The monoisotopic (exact) mass is 520 g/mol. The normalized spacial score (nSPS) is 13.8. The van der Waals surface area contributed by atoms with Gasteiger partial charge in [-0.15, -0.1) is 0 Å². The fourth-order valence-corrected chi connectivity index (χ4v) is 6.50. The SMILES string of the molecule is CC.CC.CC.CC.CO[Si](CC1C=CC=C1)(OC)OC.CO[Si](CC1C=CC=C1)(OC)OC. The highest BCUT2D eigenvalue weighted by molar-refractivity contribution is 6.61. The van der Waals surface area contributed by atoms with Crippen molar-refractivity contribution in [2.24, 2.45) is 11.8 Å². The van der Waals surface area contributed by atoms with Crippen LogP contribution in [0.4, 0.5) is 0 Å². The zero-order valence-corrected chi connectivity index (χ0v) is 26.6. The zero-order valence-electron chi connectivity index (χ0n) is 24.6. The topological polar surface area (TPSA) is 55.4 Å². The molecular weight excluding hydrogens is 464 g/mol. The summed E-state index contributed by atoms with van der Waals surface area (Å²) < 4.78 is 31.9. The van der Waals surface area contributed by atoms with Gasteiger partial charge in [-0.25, -0.2) is 0 Å². The third kappa shape index (κ3) is 16.7. The molecule has 0 aromatic carbocycles. The second-order valence-electron chi connectivity index (χ2n) is 5.87. The zero-order chi connectivity index (χ0) is 27.5. The number of rotatable bonds is 10. The van der Waals surface area contributed by atoms with Gasteiger partial charge in [-0.05, 0) is 11.8 Å². The molecule has 2 rings (SSSR count). The van der Waals surface area contributed by atoms with Crippen LogP contribution in [-0.2, 0) is 26.6 Å². The first-order valence-electron chi connectivity index (χ1n) is 12.5. The maximum absolute atomic E-state index is 5.32. The lowest BCUT2D eigenvalue weighted by molar-refractivity contribution is 0.121. The van der Waals surface area contributed by atoms with Crippen molar-refractivity contribution in [1.82, 2.24) is 0 Å². The van der Waals surface area contributed by atoms with Crippen LogP contribution >= 0.6 is 0 Å². The molecule has 0 bridgehead atoms. The molecule has 2 aliphatic carbocycles. The molecule has 204 valence electrons. The lowest BCUT2D eigenvalue weighted by atomic mass is 10.2. The lowest BCUT2D eigenvalue weighted by Gasteiger charge is -2.25. The van der Waals surface area contributed by atoms with E-state index in [1.165, 1.54) is 0 Å². The van der Waals surface area contributed by atoms with Crippen molar-refractivity contribution in [1.29, 1.82) is 0 Å². The molecule has 0 fully saturated rings. The van der Waals surface area contributed by atoms with Gasteiger partial charge in [0, 0.05) is 54.7 Å². The molecule has 0 aromatic heterocycles. The Labute approximate surface area is 214 Å². The molecule has 2 aliphatic rings. The Balaban J connectivity index is -0.000000204. The smallest absolute Gasteiger partial charge is 0.377 e. The van der Waals surface area contributed by atoms with Crippen molar-refractivity contribution in [2.45, 2.75) is 67.5 Å². The molecule has 0 atom stereocenters. The van der Waals surface area contributed by atoms with Crippen LogP contribution in [0, 0.1) is 11.8 Å². The number of hydrogen-bond donors (Lipinski definition) is 0. The minimum atomic E-state index is -2.38. The van der Waals surface area contributed by atoms with Crippen molar-refractivity contribution in [3.63, 3.8) is 0 Å². The first-order chi connectivity index (χ1) is 16.5. The number of allylic oxidation sites excluding steroid dienone is 8. The first kappa shape index (κ1) is 40.3. The second-order valence-corrected chi connectivity index (χ2v) is 11.9. The third-order valence-electron chi connectivity index (χ3n) is 4.49. The van der Waals surface area contributed by atoms with Gasteiger partial charge in [0.05, 0.1) is 0 Å². The van der Waals surface area contributed by atoms with E-state index in [9.17, 15) is 0 Å². The minimum Gasteiger partial charge on any atom is -0.377 e. The summed E-state index contributed by atoms with van der Waals surface area (Å²) in [5.41, 5.74) is 0. The Kier molecular flexibility index (Phi) is 33.7. The van der Waals surface area contributed by atoms with E-state index in [0.717, 1.165) is 12.1 Å². The molecule has 0 heterocycles. The molecule has 0 unspecified atom stereocenters. The molecule has 0 radical (unpaired) electrons. The Hall–Kier alpha value is -0.846. The largest absolute Gasteiger partial charge is 0.501 e. The van der Waals surface area contributed by atoms with Crippen molar-refractivity contribution in [3.05, 3.63) is 48.6 Å². The van der Waals surface area contributed by atoms with Gasteiger partial charge in [0.1, 0.15) is 0 Å². The minimum absolute atomic E-state index is 0.395. The van der Waals surface area contributed by atoms with Gasteiger partial charge in [0.2, 0.25) is 0 Å². The fraction of sp³-hybridized carbons (Fsp3) is 0.692. The highest BCUT2D eigenvalue weighted by Gasteiger charge is 2.40. The summed E-state index contributed by atoms with van der Waals surface area (Å²) >= 11 is 0. The van der Waals surface area contributed by atoms with Crippen LogP contribution in [0.25, 0.3) is 0 Å². The van der Waals surface area contributed by atoms with E-state index in [0.29, 0.717) is 11.8 Å². The molecule has 34 heavy (non-hydrogen) atoms. The second kappa shape index (κ2) is 28.4. The van der Waals surface area contributed by atoms with Crippen LogP contribution in [0.2, 0.25) is 12.1 Å². The Bertz CT molecular complexity index is 427. The molecule has 6 nitrogen and oxygen atoms in total. The third-order valence-corrected chi connectivity index (χ3v) is 10.2. The average Bonchev–Trinajstić information content (AvgIpc) is 3.65. The average molecular weight is 521 g/mol. The van der Waals surface area contributed by atoms with Crippen LogP contribution < -0.4 is 0 Å².